The minimum absolute atomic E-state index is 0.0191. The van der Waals surface area contributed by atoms with Crippen LogP contribution in [-0.4, -0.2) is 49.9 Å². The Morgan fingerprint density at radius 1 is 1.07 bits per heavy atom. The van der Waals surface area contributed by atoms with Crippen LogP contribution in [0, 0.1) is 5.92 Å². The third-order valence-electron chi connectivity index (χ3n) is 4.90. The molecule has 0 aromatic heterocycles. The number of methoxy groups -OCH3 is 1. The maximum atomic E-state index is 13.0. The summed E-state index contributed by atoms with van der Waals surface area (Å²) < 4.78 is 32.0. The molecule has 9 heteroatoms. The van der Waals surface area contributed by atoms with Crippen molar-refractivity contribution in [3.63, 3.8) is 0 Å². The lowest BCUT2D eigenvalue weighted by Gasteiger charge is -2.31. The zero-order valence-corrected chi connectivity index (χ0v) is 16.7. The first-order chi connectivity index (χ1) is 13.8. The number of carbonyl (C=O) groups is 2. The standard InChI is InChI=1S/C20H22N2O6S/c1-28-20(25)15-6-2-5-9-18(15)29(26,27)22-12-10-14(11-13-22)19(24)21-16-7-3-4-8-17(16)23/h2-9,14,23H,10-13H2,1H3,(H,21,24). The number of anilines is 1. The molecular weight excluding hydrogens is 396 g/mol. The van der Waals surface area contributed by atoms with Crippen molar-refractivity contribution in [2.24, 2.45) is 5.92 Å². The van der Waals surface area contributed by atoms with E-state index in [1.165, 1.54) is 29.6 Å². The Balaban J connectivity index is 1.70. The summed E-state index contributed by atoms with van der Waals surface area (Å²) >= 11 is 0. The summed E-state index contributed by atoms with van der Waals surface area (Å²) in [5, 5.41) is 12.5. The predicted octanol–water partition coefficient (Wildman–Crippen LogP) is 2.22. The average Bonchev–Trinajstić information content (AvgIpc) is 2.74. The fourth-order valence-corrected chi connectivity index (χ4v) is 4.93. The van der Waals surface area contributed by atoms with E-state index in [-0.39, 0.29) is 41.1 Å². The molecule has 1 amide bonds. The highest BCUT2D eigenvalue weighted by molar-refractivity contribution is 7.89. The Kier molecular flexibility index (Phi) is 6.19. The molecule has 154 valence electrons. The van der Waals surface area contributed by atoms with Crippen LogP contribution in [0.2, 0.25) is 0 Å². The topological polar surface area (TPSA) is 113 Å². The molecule has 0 radical (unpaired) electrons. The van der Waals surface area contributed by atoms with E-state index in [4.69, 9.17) is 0 Å². The van der Waals surface area contributed by atoms with Crippen LogP contribution in [0.5, 0.6) is 5.75 Å². The molecule has 1 aliphatic heterocycles. The molecular formula is C20H22N2O6S. The Hall–Kier alpha value is -2.91. The zero-order valence-electron chi connectivity index (χ0n) is 15.9. The van der Waals surface area contributed by atoms with Crippen LogP contribution in [0.1, 0.15) is 23.2 Å². The molecule has 0 saturated carbocycles. The normalized spacial score (nSPS) is 15.6. The molecule has 2 aromatic carbocycles. The van der Waals surface area contributed by atoms with Gasteiger partial charge in [0.1, 0.15) is 5.75 Å². The number of nitrogens with zero attached hydrogens (tertiary/aromatic N) is 1. The van der Waals surface area contributed by atoms with Gasteiger partial charge in [0.15, 0.2) is 0 Å². The zero-order chi connectivity index (χ0) is 21.0. The number of phenols is 1. The van der Waals surface area contributed by atoms with Crippen LogP contribution in [0.15, 0.2) is 53.4 Å². The Morgan fingerprint density at radius 2 is 1.69 bits per heavy atom. The number of benzene rings is 2. The molecule has 8 nitrogen and oxygen atoms in total. The fourth-order valence-electron chi connectivity index (χ4n) is 3.28. The summed E-state index contributed by atoms with van der Waals surface area (Å²) in [5.41, 5.74) is 0.300. The largest absolute Gasteiger partial charge is 0.506 e. The summed E-state index contributed by atoms with van der Waals surface area (Å²) in [7, 11) is -2.71. The Bertz CT molecular complexity index is 1010. The van der Waals surface area contributed by atoms with Crippen molar-refractivity contribution < 1.29 is 27.9 Å². The lowest BCUT2D eigenvalue weighted by Crippen LogP contribution is -2.41. The van der Waals surface area contributed by atoms with E-state index in [1.54, 1.807) is 30.3 Å². The van der Waals surface area contributed by atoms with E-state index < -0.39 is 16.0 Å². The van der Waals surface area contributed by atoms with E-state index in [9.17, 15) is 23.1 Å². The summed E-state index contributed by atoms with van der Waals surface area (Å²) in [6, 6.07) is 12.3. The highest BCUT2D eigenvalue weighted by atomic mass is 32.2. The summed E-state index contributed by atoms with van der Waals surface area (Å²) in [4.78, 5) is 24.3. The van der Waals surface area contributed by atoms with Gasteiger partial charge in [-0.15, -0.1) is 0 Å². The minimum Gasteiger partial charge on any atom is -0.506 e. The van der Waals surface area contributed by atoms with Gasteiger partial charge in [-0.1, -0.05) is 24.3 Å². The number of carbonyl (C=O) groups excluding carboxylic acids is 2. The van der Waals surface area contributed by atoms with Crippen LogP contribution in [0.25, 0.3) is 0 Å². The van der Waals surface area contributed by atoms with Gasteiger partial charge in [-0.25, -0.2) is 13.2 Å². The van der Waals surface area contributed by atoms with E-state index in [2.05, 4.69) is 10.1 Å². The number of hydrogen-bond acceptors (Lipinski definition) is 6. The highest BCUT2D eigenvalue weighted by Gasteiger charge is 2.34. The van der Waals surface area contributed by atoms with E-state index in [0.717, 1.165) is 0 Å². The second kappa shape index (κ2) is 8.62. The number of rotatable bonds is 5. The van der Waals surface area contributed by atoms with Gasteiger partial charge in [0.2, 0.25) is 15.9 Å². The van der Waals surface area contributed by atoms with Gasteiger partial charge < -0.3 is 15.2 Å². The fraction of sp³-hybridized carbons (Fsp3) is 0.300. The molecule has 0 bridgehead atoms. The lowest BCUT2D eigenvalue weighted by molar-refractivity contribution is -0.120. The quantitative estimate of drug-likeness (QED) is 0.569. The molecule has 0 spiro atoms. The highest BCUT2D eigenvalue weighted by Crippen LogP contribution is 2.28. The Morgan fingerprint density at radius 3 is 2.34 bits per heavy atom. The number of piperidine rings is 1. The third-order valence-corrected chi connectivity index (χ3v) is 6.85. The lowest BCUT2D eigenvalue weighted by atomic mass is 9.97. The third kappa shape index (κ3) is 4.41. The SMILES string of the molecule is COC(=O)c1ccccc1S(=O)(=O)N1CCC(C(=O)Nc2ccccc2O)CC1. The molecule has 29 heavy (non-hydrogen) atoms. The minimum atomic E-state index is -3.90. The van der Waals surface area contributed by atoms with Crippen LogP contribution < -0.4 is 5.32 Å². The second-order valence-electron chi connectivity index (χ2n) is 6.67. The van der Waals surface area contributed by atoms with Gasteiger partial charge in [-0.2, -0.15) is 4.31 Å². The van der Waals surface area contributed by atoms with Gasteiger partial charge in [0, 0.05) is 19.0 Å². The van der Waals surface area contributed by atoms with Gasteiger partial charge in [0.05, 0.1) is 23.3 Å². The van der Waals surface area contributed by atoms with E-state index in [0.29, 0.717) is 18.5 Å². The van der Waals surface area contributed by atoms with Crippen molar-refractivity contribution in [2.45, 2.75) is 17.7 Å². The Labute approximate surface area is 169 Å². The van der Waals surface area contributed by atoms with E-state index in [1.807, 2.05) is 0 Å². The molecule has 0 aliphatic carbocycles. The van der Waals surface area contributed by atoms with Crippen LogP contribution in [0.3, 0.4) is 0 Å². The molecule has 3 rings (SSSR count). The molecule has 2 aromatic rings. The van der Waals surface area contributed by atoms with Crippen molar-refractivity contribution in [1.29, 1.82) is 0 Å². The van der Waals surface area contributed by atoms with Crippen molar-refractivity contribution in [3.8, 4) is 5.75 Å². The van der Waals surface area contributed by atoms with Crippen molar-refractivity contribution in [3.05, 3.63) is 54.1 Å². The first kappa shape index (κ1) is 20.8. The molecule has 0 unspecified atom stereocenters. The second-order valence-corrected chi connectivity index (χ2v) is 8.58. The van der Waals surface area contributed by atoms with Crippen molar-refractivity contribution in [1.82, 2.24) is 4.31 Å². The smallest absolute Gasteiger partial charge is 0.339 e. The van der Waals surface area contributed by atoms with Crippen molar-refractivity contribution in [2.75, 3.05) is 25.5 Å². The number of esters is 1. The summed E-state index contributed by atoms with van der Waals surface area (Å²) in [6.45, 7) is 0.299. The molecule has 1 heterocycles. The number of ether oxygens (including phenoxy) is 1. The van der Waals surface area contributed by atoms with Crippen LogP contribution in [-0.2, 0) is 19.6 Å². The number of amides is 1. The summed E-state index contributed by atoms with van der Waals surface area (Å²) in [5.74, 6) is -1.39. The van der Waals surface area contributed by atoms with Gasteiger partial charge in [-0.05, 0) is 37.1 Å². The molecule has 1 aliphatic rings. The van der Waals surface area contributed by atoms with Gasteiger partial charge in [0.25, 0.3) is 0 Å². The molecule has 2 N–H and O–H groups in total. The monoisotopic (exact) mass is 418 g/mol. The van der Waals surface area contributed by atoms with Crippen LogP contribution >= 0.6 is 0 Å². The maximum Gasteiger partial charge on any atom is 0.339 e. The van der Waals surface area contributed by atoms with Gasteiger partial charge >= 0.3 is 5.97 Å². The molecule has 1 fully saturated rings. The number of aromatic hydroxyl groups is 1. The van der Waals surface area contributed by atoms with Crippen molar-refractivity contribution >= 4 is 27.6 Å². The number of para-hydroxylation sites is 2. The van der Waals surface area contributed by atoms with Crippen LogP contribution in [0.4, 0.5) is 5.69 Å². The van der Waals surface area contributed by atoms with E-state index >= 15 is 0 Å². The first-order valence-corrected chi connectivity index (χ1v) is 10.5. The number of phenolic OH excluding ortho intramolecular Hbond substituents is 1. The first-order valence-electron chi connectivity index (χ1n) is 9.11. The van der Waals surface area contributed by atoms with Gasteiger partial charge in [-0.3, -0.25) is 4.79 Å². The molecule has 1 saturated heterocycles. The molecule has 0 atom stereocenters. The number of nitrogens with one attached hydrogen (secondary N) is 1. The predicted molar refractivity (Wildman–Crippen MR) is 106 cm³/mol. The average molecular weight is 418 g/mol. The number of hydrogen-bond donors (Lipinski definition) is 2. The summed E-state index contributed by atoms with van der Waals surface area (Å²) in [6.07, 6.45) is 0.665. The number of sulfonamides is 1. The maximum absolute atomic E-state index is 13.0.